The molecular formula is C23H46. The molecule has 0 unspecified atom stereocenters. The lowest BCUT2D eigenvalue weighted by Gasteiger charge is -2.18. The highest BCUT2D eigenvalue weighted by Gasteiger charge is 2.10. The van der Waals surface area contributed by atoms with Crippen molar-refractivity contribution in [3.8, 4) is 0 Å². The lowest BCUT2D eigenvalue weighted by molar-refractivity contribution is 0.397. The number of allylic oxidation sites excluding steroid dienone is 1. The standard InChI is InChI=1S/C23H46/c1-5-8-10-12-14-16-19-23(21-22(4)18-7-3)20-17-15-13-11-9-6-2/h23H,4-21H2,1-3H3. The molecule has 23 heavy (non-hydrogen) atoms. The molecule has 0 aromatic rings. The maximum Gasteiger partial charge on any atom is -0.0294 e. The van der Waals surface area contributed by atoms with Gasteiger partial charge in [0, 0.05) is 0 Å². The minimum absolute atomic E-state index is 0.923. The summed E-state index contributed by atoms with van der Waals surface area (Å²) in [6.07, 6.45) is 23.9. The van der Waals surface area contributed by atoms with Gasteiger partial charge in [0.2, 0.25) is 0 Å². The Hall–Kier alpha value is -0.260. The molecule has 0 aliphatic carbocycles. The van der Waals surface area contributed by atoms with E-state index in [0.717, 1.165) is 5.92 Å². The van der Waals surface area contributed by atoms with E-state index in [2.05, 4.69) is 27.4 Å². The number of hydrogen-bond acceptors (Lipinski definition) is 0. The third kappa shape index (κ3) is 16.4. The van der Waals surface area contributed by atoms with E-state index in [4.69, 9.17) is 0 Å². The molecule has 0 bridgehead atoms. The predicted molar refractivity (Wildman–Crippen MR) is 108 cm³/mol. The highest BCUT2D eigenvalue weighted by molar-refractivity contribution is 4.95. The van der Waals surface area contributed by atoms with Crippen LogP contribution in [0.3, 0.4) is 0 Å². The fraction of sp³-hybridized carbons (Fsp3) is 0.913. The topological polar surface area (TPSA) is 0 Å². The van der Waals surface area contributed by atoms with E-state index in [0.29, 0.717) is 0 Å². The van der Waals surface area contributed by atoms with Crippen LogP contribution < -0.4 is 0 Å². The van der Waals surface area contributed by atoms with Crippen LogP contribution >= 0.6 is 0 Å². The zero-order chi connectivity index (χ0) is 17.2. The highest BCUT2D eigenvalue weighted by atomic mass is 14.2. The zero-order valence-electron chi connectivity index (χ0n) is 16.8. The fourth-order valence-corrected chi connectivity index (χ4v) is 3.64. The maximum atomic E-state index is 4.32. The second-order valence-corrected chi connectivity index (χ2v) is 7.68. The van der Waals surface area contributed by atoms with E-state index >= 15 is 0 Å². The number of unbranched alkanes of at least 4 members (excludes halogenated alkanes) is 10. The van der Waals surface area contributed by atoms with Gasteiger partial charge in [0.1, 0.15) is 0 Å². The van der Waals surface area contributed by atoms with Crippen molar-refractivity contribution in [3.05, 3.63) is 12.2 Å². The molecule has 0 amide bonds. The summed E-state index contributed by atoms with van der Waals surface area (Å²) in [4.78, 5) is 0. The summed E-state index contributed by atoms with van der Waals surface area (Å²) in [7, 11) is 0. The smallest absolute Gasteiger partial charge is 0.0294 e. The molecule has 0 saturated carbocycles. The van der Waals surface area contributed by atoms with Crippen molar-refractivity contribution >= 4 is 0 Å². The van der Waals surface area contributed by atoms with Crippen molar-refractivity contribution < 1.29 is 0 Å². The molecule has 0 spiro atoms. The highest BCUT2D eigenvalue weighted by Crippen LogP contribution is 2.26. The van der Waals surface area contributed by atoms with Crippen LogP contribution in [0.15, 0.2) is 12.2 Å². The largest absolute Gasteiger partial charge is 0.0999 e. The maximum absolute atomic E-state index is 4.32. The average Bonchev–Trinajstić information content (AvgIpc) is 2.53. The van der Waals surface area contributed by atoms with Gasteiger partial charge >= 0.3 is 0 Å². The molecule has 0 aromatic heterocycles. The molecule has 0 nitrogen and oxygen atoms in total. The van der Waals surface area contributed by atoms with E-state index in [-0.39, 0.29) is 0 Å². The Morgan fingerprint density at radius 2 is 1.04 bits per heavy atom. The van der Waals surface area contributed by atoms with Crippen LogP contribution in [0.4, 0.5) is 0 Å². The summed E-state index contributed by atoms with van der Waals surface area (Å²) >= 11 is 0. The molecule has 0 rings (SSSR count). The minimum Gasteiger partial charge on any atom is -0.0999 e. The van der Waals surface area contributed by atoms with Crippen molar-refractivity contribution in [3.63, 3.8) is 0 Å². The fourth-order valence-electron chi connectivity index (χ4n) is 3.64. The summed E-state index contributed by atoms with van der Waals surface area (Å²) in [6.45, 7) is 11.2. The molecule has 138 valence electrons. The van der Waals surface area contributed by atoms with Crippen molar-refractivity contribution in [1.29, 1.82) is 0 Å². The first kappa shape index (κ1) is 22.7. The first-order chi connectivity index (χ1) is 11.2. The molecule has 0 radical (unpaired) electrons. The summed E-state index contributed by atoms with van der Waals surface area (Å²) in [5.74, 6) is 0.923. The van der Waals surface area contributed by atoms with Crippen molar-refractivity contribution in [1.82, 2.24) is 0 Å². The van der Waals surface area contributed by atoms with Gasteiger partial charge in [-0.3, -0.25) is 0 Å². The SMILES string of the molecule is C=C(CCC)CC(CCCCCCCC)CCCCCCCC. The molecule has 0 atom stereocenters. The molecule has 0 aromatic carbocycles. The number of rotatable bonds is 18. The molecule has 0 heterocycles. The van der Waals surface area contributed by atoms with E-state index in [1.54, 1.807) is 0 Å². The molecule has 0 heteroatoms. The Morgan fingerprint density at radius 3 is 1.48 bits per heavy atom. The lowest BCUT2D eigenvalue weighted by atomic mass is 9.88. The molecule has 0 saturated heterocycles. The molecule has 0 fully saturated rings. The van der Waals surface area contributed by atoms with Crippen LogP contribution in [0.1, 0.15) is 130 Å². The van der Waals surface area contributed by atoms with Crippen LogP contribution in [0.2, 0.25) is 0 Å². The van der Waals surface area contributed by atoms with Crippen molar-refractivity contribution in [2.24, 2.45) is 5.92 Å². The summed E-state index contributed by atoms with van der Waals surface area (Å²) in [5.41, 5.74) is 1.51. The van der Waals surface area contributed by atoms with Gasteiger partial charge in [0.15, 0.2) is 0 Å². The van der Waals surface area contributed by atoms with Crippen LogP contribution in [0, 0.1) is 5.92 Å². The van der Waals surface area contributed by atoms with Crippen LogP contribution in [0.5, 0.6) is 0 Å². The Balaban J connectivity index is 3.86. The van der Waals surface area contributed by atoms with Gasteiger partial charge in [-0.2, -0.15) is 0 Å². The summed E-state index contributed by atoms with van der Waals surface area (Å²) < 4.78 is 0. The van der Waals surface area contributed by atoms with Gasteiger partial charge in [-0.1, -0.05) is 129 Å². The Kier molecular flexibility index (Phi) is 17.9. The lowest BCUT2D eigenvalue weighted by Crippen LogP contribution is -2.03. The average molecular weight is 323 g/mol. The summed E-state index contributed by atoms with van der Waals surface area (Å²) in [6, 6.07) is 0. The Labute approximate surface area is 148 Å². The first-order valence-electron chi connectivity index (χ1n) is 10.9. The van der Waals surface area contributed by atoms with Gasteiger partial charge in [-0.25, -0.2) is 0 Å². The molecule has 0 aliphatic rings. The van der Waals surface area contributed by atoms with Gasteiger partial charge in [-0.15, -0.1) is 0 Å². The molecule has 0 N–H and O–H groups in total. The third-order valence-electron chi connectivity index (χ3n) is 5.11. The van der Waals surface area contributed by atoms with Crippen molar-refractivity contribution in [2.75, 3.05) is 0 Å². The van der Waals surface area contributed by atoms with E-state index in [1.165, 1.54) is 115 Å². The van der Waals surface area contributed by atoms with Crippen molar-refractivity contribution in [2.45, 2.75) is 130 Å². The first-order valence-corrected chi connectivity index (χ1v) is 10.9. The van der Waals surface area contributed by atoms with Gasteiger partial charge in [0.25, 0.3) is 0 Å². The molecule has 0 aliphatic heterocycles. The predicted octanol–water partition coefficient (Wildman–Crippen LogP) is 8.85. The molecular weight excluding hydrogens is 276 g/mol. The normalized spacial score (nSPS) is 11.3. The van der Waals surface area contributed by atoms with Gasteiger partial charge < -0.3 is 0 Å². The minimum atomic E-state index is 0.923. The second kappa shape index (κ2) is 18.1. The van der Waals surface area contributed by atoms with E-state index < -0.39 is 0 Å². The van der Waals surface area contributed by atoms with Gasteiger partial charge in [-0.05, 0) is 18.8 Å². The van der Waals surface area contributed by atoms with Gasteiger partial charge in [0.05, 0.1) is 0 Å². The van der Waals surface area contributed by atoms with Crippen LogP contribution in [-0.4, -0.2) is 0 Å². The number of hydrogen-bond donors (Lipinski definition) is 0. The quantitative estimate of drug-likeness (QED) is 0.174. The monoisotopic (exact) mass is 322 g/mol. The summed E-state index contributed by atoms with van der Waals surface area (Å²) in [5, 5.41) is 0. The van der Waals surface area contributed by atoms with Crippen LogP contribution in [0.25, 0.3) is 0 Å². The van der Waals surface area contributed by atoms with E-state index in [1.807, 2.05) is 0 Å². The Morgan fingerprint density at radius 1 is 0.609 bits per heavy atom. The second-order valence-electron chi connectivity index (χ2n) is 7.68. The Bertz CT molecular complexity index is 224. The third-order valence-corrected chi connectivity index (χ3v) is 5.11. The zero-order valence-corrected chi connectivity index (χ0v) is 16.8. The van der Waals surface area contributed by atoms with Crippen LogP contribution in [-0.2, 0) is 0 Å². The van der Waals surface area contributed by atoms with E-state index in [9.17, 15) is 0 Å².